The van der Waals surface area contributed by atoms with Crippen LogP contribution in [0.3, 0.4) is 0 Å². The zero-order valence-corrected chi connectivity index (χ0v) is 31.4. The van der Waals surface area contributed by atoms with E-state index in [1.165, 1.54) is 114 Å². The third-order valence-electron chi connectivity index (χ3n) is 7.21. The molecule has 0 rings (SSSR count). The van der Waals surface area contributed by atoms with Gasteiger partial charge in [-0.3, -0.25) is 9.13 Å². The molecule has 42 heavy (non-hydrogen) atoms. The molecule has 0 aromatic rings. The Bertz CT molecular complexity index is 582. The molecular formula is C32H68O6P2S2. The van der Waals surface area contributed by atoms with E-state index in [2.05, 4.69) is 21.6 Å². The Balaban J connectivity index is 3.28. The molecule has 0 aliphatic rings. The van der Waals surface area contributed by atoms with Crippen molar-refractivity contribution in [2.75, 3.05) is 50.3 Å². The summed E-state index contributed by atoms with van der Waals surface area (Å²) in [5, 5.41) is 0. The number of hydrogen-bond acceptors (Lipinski definition) is 8. The Kier molecular flexibility index (Phi) is 32.7. The summed E-state index contributed by atoms with van der Waals surface area (Å²) in [5.74, 6) is 2.60. The Morgan fingerprint density at radius 2 is 0.571 bits per heavy atom. The van der Waals surface area contributed by atoms with E-state index < -0.39 is 15.2 Å². The van der Waals surface area contributed by atoms with Crippen LogP contribution in [0.5, 0.6) is 0 Å². The molecule has 0 heterocycles. The highest BCUT2D eigenvalue weighted by Crippen LogP contribution is 2.49. The highest BCUT2D eigenvalue weighted by atomic mass is 33.1. The van der Waals surface area contributed by atoms with Crippen LogP contribution in [0.2, 0.25) is 0 Å². The molecule has 0 aromatic heterocycles. The smallest absolute Gasteiger partial charge is 0.309 e. The van der Waals surface area contributed by atoms with Crippen molar-refractivity contribution in [2.24, 2.45) is 0 Å². The summed E-state index contributed by atoms with van der Waals surface area (Å²) in [7, 11) is -1.53. The van der Waals surface area contributed by atoms with Crippen molar-refractivity contribution in [2.45, 2.75) is 156 Å². The number of unbranched alkanes of at least 4 members (excludes halogenated alkanes) is 18. The highest BCUT2D eigenvalue weighted by molar-refractivity contribution is 8.76. The van der Waals surface area contributed by atoms with Crippen LogP contribution in [-0.4, -0.2) is 50.3 Å². The minimum Gasteiger partial charge on any atom is -0.309 e. The third kappa shape index (κ3) is 28.5. The van der Waals surface area contributed by atoms with Crippen molar-refractivity contribution >= 4 is 36.8 Å². The van der Waals surface area contributed by atoms with Crippen LogP contribution in [0.15, 0.2) is 0 Å². The molecule has 0 fully saturated rings. The lowest BCUT2D eigenvalue weighted by molar-refractivity contribution is 0.218. The summed E-state index contributed by atoms with van der Waals surface area (Å²) in [6, 6.07) is 0. The highest BCUT2D eigenvalue weighted by Gasteiger charge is 2.23. The maximum atomic E-state index is 12.4. The molecular weight excluding hydrogens is 606 g/mol. The predicted octanol–water partition coefficient (Wildman–Crippen LogP) is 12.7. The molecule has 0 atom stereocenters. The predicted molar refractivity (Wildman–Crippen MR) is 189 cm³/mol. The molecule has 0 aliphatic carbocycles. The Labute approximate surface area is 269 Å². The molecule has 0 bridgehead atoms. The second-order valence-corrected chi connectivity index (χ2v) is 18.1. The summed E-state index contributed by atoms with van der Waals surface area (Å²) in [5.41, 5.74) is 0. The van der Waals surface area contributed by atoms with Gasteiger partial charge >= 0.3 is 15.2 Å². The second-order valence-electron chi connectivity index (χ2n) is 11.1. The fourth-order valence-corrected chi connectivity index (χ4v) is 10.8. The standard InChI is InChI=1S/C32H68O6P2S2/c1-5-35-39(33,36-6-2)29-25-21-17-13-9-11-15-19-23-27-31-41-42-32-28-24-20-16-12-10-14-18-22-26-30-40(34,37-7-3)38-8-4/h5-32H2,1-4H3. The van der Waals surface area contributed by atoms with Crippen molar-refractivity contribution < 1.29 is 27.2 Å². The molecule has 0 unspecified atom stereocenters. The van der Waals surface area contributed by atoms with Gasteiger partial charge in [-0.15, -0.1) is 0 Å². The maximum absolute atomic E-state index is 12.4. The van der Waals surface area contributed by atoms with Gasteiger partial charge in [-0.05, 0) is 53.4 Å². The fourth-order valence-electron chi connectivity index (χ4n) is 5.00. The van der Waals surface area contributed by atoms with E-state index in [0.29, 0.717) is 38.8 Å². The number of rotatable bonds is 35. The van der Waals surface area contributed by atoms with Crippen molar-refractivity contribution in [3.8, 4) is 0 Å². The lowest BCUT2D eigenvalue weighted by Gasteiger charge is -2.16. The van der Waals surface area contributed by atoms with Gasteiger partial charge in [0, 0.05) is 11.5 Å². The van der Waals surface area contributed by atoms with Gasteiger partial charge in [0.15, 0.2) is 0 Å². The normalized spacial score (nSPS) is 12.4. The van der Waals surface area contributed by atoms with Gasteiger partial charge in [0.1, 0.15) is 0 Å². The molecule has 0 aromatic carbocycles. The van der Waals surface area contributed by atoms with E-state index in [-0.39, 0.29) is 0 Å². The Hall–Kier alpha value is 1.00. The maximum Gasteiger partial charge on any atom is 0.330 e. The van der Waals surface area contributed by atoms with Crippen LogP contribution in [0.1, 0.15) is 156 Å². The zero-order valence-electron chi connectivity index (χ0n) is 28.0. The molecule has 6 nitrogen and oxygen atoms in total. The van der Waals surface area contributed by atoms with Crippen LogP contribution in [0.4, 0.5) is 0 Å². The number of hydrogen-bond donors (Lipinski definition) is 0. The van der Waals surface area contributed by atoms with Crippen LogP contribution in [-0.2, 0) is 27.2 Å². The minimum atomic E-state index is -2.84. The molecule has 254 valence electrons. The Morgan fingerprint density at radius 1 is 0.357 bits per heavy atom. The first-order valence-electron chi connectivity index (χ1n) is 17.5. The molecule has 0 amide bonds. The first-order valence-corrected chi connectivity index (χ1v) is 23.4. The first kappa shape index (κ1) is 43.0. The lowest BCUT2D eigenvalue weighted by atomic mass is 10.1. The summed E-state index contributed by atoms with van der Waals surface area (Å²) in [6.45, 7) is 9.32. The van der Waals surface area contributed by atoms with Gasteiger partial charge in [0.05, 0.1) is 38.8 Å². The molecule has 0 N–H and O–H groups in total. The zero-order chi connectivity index (χ0) is 31.0. The summed E-state index contributed by atoms with van der Waals surface area (Å²) in [4.78, 5) is 0. The van der Waals surface area contributed by atoms with Crippen LogP contribution in [0, 0.1) is 0 Å². The van der Waals surface area contributed by atoms with Crippen molar-refractivity contribution in [3.63, 3.8) is 0 Å². The van der Waals surface area contributed by atoms with Gasteiger partial charge in [-0.1, -0.05) is 124 Å². The van der Waals surface area contributed by atoms with Crippen LogP contribution >= 0.6 is 36.8 Å². The average molecular weight is 675 g/mol. The molecule has 0 radical (unpaired) electrons. The molecule has 0 saturated heterocycles. The van der Waals surface area contributed by atoms with Gasteiger partial charge in [0.25, 0.3) is 0 Å². The van der Waals surface area contributed by atoms with E-state index in [0.717, 1.165) is 25.7 Å². The van der Waals surface area contributed by atoms with Gasteiger partial charge in [0.2, 0.25) is 0 Å². The van der Waals surface area contributed by atoms with Crippen LogP contribution < -0.4 is 0 Å². The minimum absolute atomic E-state index is 0.457. The lowest BCUT2D eigenvalue weighted by Crippen LogP contribution is -2.00. The van der Waals surface area contributed by atoms with E-state index in [4.69, 9.17) is 18.1 Å². The monoisotopic (exact) mass is 674 g/mol. The quantitative estimate of drug-likeness (QED) is 0.0374. The summed E-state index contributed by atoms with van der Waals surface area (Å²) in [6.07, 6.45) is 26.6. The second kappa shape index (κ2) is 32.0. The molecule has 10 heteroatoms. The molecule has 0 aliphatic heterocycles. The van der Waals surface area contributed by atoms with Gasteiger partial charge < -0.3 is 18.1 Å². The first-order chi connectivity index (χ1) is 20.4. The van der Waals surface area contributed by atoms with E-state index in [9.17, 15) is 9.13 Å². The topological polar surface area (TPSA) is 71.1 Å². The van der Waals surface area contributed by atoms with Crippen LogP contribution in [0.25, 0.3) is 0 Å². The summed E-state index contributed by atoms with van der Waals surface area (Å²) >= 11 is 0. The fraction of sp³-hybridized carbons (Fsp3) is 1.00. The third-order valence-corrected chi connectivity index (χ3v) is 14.1. The van der Waals surface area contributed by atoms with Gasteiger partial charge in [-0.2, -0.15) is 0 Å². The van der Waals surface area contributed by atoms with Crippen molar-refractivity contribution in [1.82, 2.24) is 0 Å². The van der Waals surface area contributed by atoms with Crippen molar-refractivity contribution in [1.29, 1.82) is 0 Å². The Morgan fingerprint density at radius 3 is 0.810 bits per heavy atom. The molecule has 0 saturated carbocycles. The van der Waals surface area contributed by atoms with E-state index in [1.54, 1.807) is 0 Å². The SMILES string of the molecule is CCOP(=O)(CCCCCCCCCCCCSSCCCCCCCCCCCCP(=O)(OCC)OCC)OCC. The largest absolute Gasteiger partial charge is 0.330 e. The van der Waals surface area contributed by atoms with E-state index >= 15 is 0 Å². The average Bonchev–Trinajstić information content (AvgIpc) is 2.95. The van der Waals surface area contributed by atoms with Crippen molar-refractivity contribution in [3.05, 3.63) is 0 Å². The molecule has 0 spiro atoms. The van der Waals surface area contributed by atoms with E-state index in [1.807, 2.05) is 27.7 Å². The van der Waals surface area contributed by atoms with Gasteiger partial charge in [-0.25, -0.2) is 0 Å². The summed E-state index contributed by atoms with van der Waals surface area (Å²) < 4.78 is 46.3.